The average Bonchev–Trinajstić information content (AvgIpc) is 2.59. The number of rotatable bonds is 3. The van der Waals surface area contributed by atoms with E-state index in [4.69, 9.17) is 10.5 Å². The molecule has 17 heavy (non-hydrogen) atoms. The van der Waals surface area contributed by atoms with Crippen LogP contribution < -0.4 is 5.73 Å². The molecule has 1 aliphatic carbocycles. The van der Waals surface area contributed by atoms with Gasteiger partial charge in [0.15, 0.2) is 5.96 Å². The van der Waals surface area contributed by atoms with E-state index in [0.29, 0.717) is 12.6 Å². The molecule has 1 fully saturated rings. The van der Waals surface area contributed by atoms with Crippen molar-refractivity contribution < 1.29 is 4.74 Å². The maximum Gasteiger partial charge on any atom is 0.191 e. The number of hydrogen-bond donors (Lipinski definition) is 1. The van der Waals surface area contributed by atoms with Gasteiger partial charge in [-0.1, -0.05) is 26.7 Å². The molecule has 0 bridgehead atoms. The summed E-state index contributed by atoms with van der Waals surface area (Å²) in [7, 11) is 1.74. The fourth-order valence-corrected chi connectivity index (χ4v) is 3.46. The molecule has 0 radical (unpaired) electrons. The van der Waals surface area contributed by atoms with Gasteiger partial charge in [0.05, 0.1) is 18.7 Å². The van der Waals surface area contributed by atoms with Crippen LogP contribution in [0.5, 0.6) is 0 Å². The molecule has 0 aromatic carbocycles. The second kappa shape index (κ2) is 4.48. The molecule has 4 heteroatoms. The van der Waals surface area contributed by atoms with E-state index in [1.54, 1.807) is 7.11 Å². The number of guanidine groups is 1. The van der Waals surface area contributed by atoms with Gasteiger partial charge in [0, 0.05) is 13.7 Å². The Morgan fingerprint density at radius 2 is 2.06 bits per heavy atom. The Bertz CT molecular complexity index is 314. The molecule has 0 aromatic heterocycles. The molecule has 2 aliphatic rings. The third-order valence-corrected chi connectivity index (χ3v) is 4.72. The van der Waals surface area contributed by atoms with E-state index in [1.165, 1.54) is 25.7 Å². The van der Waals surface area contributed by atoms with Gasteiger partial charge in [-0.3, -0.25) is 4.99 Å². The Hall–Kier alpha value is -0.770. The van der Waals surface area contributed by atoms with Gasteiger partial charge in [0.1, 0.15) is 0 Å². The van der Waals surface area contributed by atoms with Crippen molar-refractivity contribution in [2.75, 3.05) is 26.8 Å². The molecule has 2 N–H and O–H groups in total. The maximum atomic E-state index is 6.07. The van der Waals surface area contributed by atoms with Crippen LogP contribution in [0.4, 0.5) is 0 Å². The van der Waals surface area contributed by atoms with Crippen molar-refractivity contribution in [1.29, 1.82) is 0 Å². The van der Waals surface area contributed by atoms with Crippen molar-refractivity contribution >= 4 is 5.96 Å². The van der Waals surface area contributed by atoms with Crippen LogP contribution in [0.2, 0.25) is 0 Å². The lowest BCUT2D eigenvalue weighted by Crippen LogP contribution is -2.61. The summed E-state index contributed by atoms with van der Waals surface area (Å²) in [6.45, 7) is 7.15. The summed E-state index contributed by atoms with van der Waals surface area (Å²) in [5.74, 6) is 0.706. The van der Waals surface area contributed by atoms with E-state index in [-0.39, 0.29) is 11.0 Å². The smallest absolute Gasteiger partial charge is 0.191 e. The first-order chi connectivity index (χ1) is 8.03. The highest BCUT2D eigenvalue weighted by Gasteiger charge is 2.53. The molecule has 2 rings (SSSR count). The number of methoxy groups -OCH3 is 1. The number of ether oxygens (including phenoxy) is 1. The van der Waals surface area contributed by atoms with E-state index >= 15 is 0 Å². The second-order valence-corrected chi connectivity index (χ2v) is 5.94. The van der Waals surface area contributed by atoms with E-state index in [9.17, 15) is 0 Å². The highest BCUT2D eigenvalue weighted by molar-refractivity contribution is 5.81. The van der Waals surface area contributed by atoms with Crippen molar-refractivity contribution in [3.05, 3.63) is 0 Å². The zero-order valence-electron chi connectivity index (χ0n) is 11.3. The molecule has 4 nitrogen and oxygen atoms in total. The van der Waals surface area contributed by atoms with E-state index in [0.717, 1.165) is 13.1 Å². The first-order valence-corrected chi connectivity index (χ1v) is 6.60. The summed E-state index contributed by atoms with van der Waals surface area (Å²) in [5, 5.41) is 0. The SMILES string of the molecule is COCCN1C(N)=NCC12CCCCC2(C)C. The highest BCUT2D eigenvalue weighted by atomic mass is 16.5. The predicted octanol–water partition coefficient (Wildman–Crippen LogP) is 1.60. The summed E-state index contributed by atoms with van der Waals surface area (Å²) in [4.78, 5) is 6.81. The first kappa shape index (κ1) is 12.7. The molecule has 0 amide bonds. The molecule has 1 heterocycles. The van der Waals surface area contributed by atoms with Gasteiger partial charge < -0.3 is 15.4 Å². The van der Waals surface area contributed by atoms with Gasteiger partial charge in [-0.05, 0) is 18.3 Å². The molecule has 98 valence electrons. The van der Waals surface area contributed by atoms with E-state index in [2.05, 4.69) is 23.7 Å². The van der Waals surface area contributed by atoms with Crippen molar-refractivity contribution in [1.82, 2.24) is 4.90 Å². The Balaban J connectivity index is 2.22. The summed E-state index contributed by atoms with van der Waals surface area (Å²) in [5.41, 5.74) is 6.48. The number of hydrogen-bond acceptors (Lipinski definition) is 4. The normalized spacial score (nSPS) is 31.9. The number of nitrogens with two attached hydrogens (primary N) is 1. The lowest BCUT2D eigenvalue weighted by molar-refractivity contribution is -0.000572. The first-order valence-electron chi connectivity index (χ1n) is 6.60. The average molecular weight is 239 g/mol. The van der Waals surface area contributed by atoms with Gasteiger partial charge in [-0.15, -0.1) is 0 Å². The van der Waals surface area contributed by atoms with Gasteiger partial charge in [-0.2, -0.15) is 0 Å². The standard InChI is InChI=1S/C13H25N3O/c1-12(2)6-4-5-7-13(12)10-15-11(14)16(13)8-9-17-3/h4-10H2,1-3H3,(H2,14,15). The van der Waals surface area contributed by atoms with Crippen LogP contribution >= 0.6 is 0 Å². The number of aliphatic imine (C=N–C) groups is 1. The van der Waals surface area contributed by atoms with Crippen molar-refractivity contribution in [2.45, 2.75) is 45.1 Å². The zero-order chi connectivity index (χ0) is 12.5. The maximum absolute atomic E-state index is 6.07. The monoisotopic (exact) mass is 239 g/mol. The largest absolute Gasteiger partial charge is 0.383 e. The van der Waals surface area contributed by atoms with Crippen molar-refractivity contribution in [3.8, 4) is 0 Å². The van der Waals surface area contributed by atoms with Crippen LogP contribution in [-0.2, 0) is 4.74 Å². The minimum absolute atomic E-state index is 0.133. The van der Waals surface area contributed by atoms with Gasteiger partial charge in [0.2, 0.25) is 0 Å². The van der Waals surface area contributed by atoms with Crippen LogP contribution in [0, 0.1) is 5.41 Å². The molecule has 1 spiro atoms. The van der Waals surface area contributed by atoms with Crippen molar-refractivity contribution in [3.63, 3.8) is 0 Å². The summed E-state index contributed by atoms with van der Waals surface area (Å²) >= 11 is 0. The number of nitrogens with zero attached hydrogens (tertiary/aromatic N) is 2. The molecule has 1 atom stereocenters. The lowest BCUT2D eigenvalue weighted by atomic mass is 9.62. The molecule has 0 saturated heterocycles. The van der Waals surface area contributed by atoms with Crippen LogP contribution in [0.25, 0.3) is 0 Å². The molecular weight excluding hydrogens is 214 g/mol. The van der Waals surface area contributed by atoms with Crippen LogP contribution in [0.15, 0.2) is 4.99 Å². The molecule has 1 saturated carbocycles. The summed E-state index contributed by atoms with van der Waals surface area (Å²) in [6, 6.07) is 0. The Labute approximate surface area is 104 Å². The van der Waals surface area contributed by atoms with Crippen LogP contribution in [-0.4, -0.2) is 43.2 Å². The molecular formula is C13H25N3O. The quantitative estimate of drug-likeness (QED) is 0.814. The summed E-state index contributed by atoms with van der Waals surface area (Å²) < 4.78 is 5.20. The highest BCUT2D eigenvalue weighted by Crippen LogP contribution is 2.49. The lowest BCUT2D eigenvalue weighted by Gasteiger charge is -2.53. The van der Waals surface area contributed by atoms with Crippen molar-refractivity contribution in [2.24, 2.45) is 16.1 Å². The second-order valence-electron chi connectivity index (χ2n) is 5.94. The Morgan fingerprint density at radius 3 is 2.71 bits per heavy atom. The van der Waals surface area contributed by atoms with Gasteiger partial charge in [0.25, 0.3) is 0 Å². The zero-order valence-corrected chi connectivity index (χ0v) is 11.3. The van der Waals surface area contributed by atoms with E-state index in [1.807, 2.05) is 0 Å². The topological polar surface area (TPSA) is 50.9 Å². The Kier molecular flexibility index (Phi) is 3.34. The molecule has 1 aliphatic heterocycles. The van der Waals surface area contributed by atoms with Crippen LogP contribution in [0.1, 0.15) is 39.5 Å². The Morgan fingerprint density at radius 1 is 1.35 bits per heavy atom. The fraction of sp³-hybridized carbons (Fsp3) is 0.923. The fourth-order valence-electron chi connectivity index (χ4n) is 3.46. The minimum Gasteiger partial charge on any atom is -0.383 e. The third-order valence-electron chi connectivity index (χ3n) is 4.72. The van der Waals surface area contributed by atoms with Crippen LogP contribution in [0.3, 0.4) is 0 Å². The van der Waals surface area contributed by atoms with Gasteiger partial charge >= 0.3 is 0 Å². The molecule has 0 aromatic rings. The molecule has 1 unspecified atom stereocenters. The third kappa shape index (κ3) is 1.92. The minimum atomic E-state index is 0.133. The van der Waals surface area contributed by atoms with Gasteiger partial charge in [-0.25, -0.2) is 0 Å². The summed E-state index contributed by atoms with van der Waals surface area (Å²) in [6.07, 6.45) is 5.08. The predicted molar refractivity (Wildman–Crippen MR) is 70.1 cm³/mol. The van der Waals surface area contributed by atoms with E-state index < -0.39 is 0 Å².